The summed E-state index contributed by atoms with van der Waals surface area (Å²) in [4.78, 5) is 24.0. The Balaban J connectivity index is 1.32. The number of halogens is 2. The Morgan fingerprint density at radius 3 is 2.81 bits per heavy atom. The van der Waals surface area contributed by atoms with Gasteiger partial charge in [0.15, 0.2) is 0 Å². The van der Waals surface area contributed by atoms with Gasteiger partial charge >= 0.3 is 0 Å². The van der Waals surface area contributed by atoms with Crippen LogP contribution >= 0.6 is 11.6 Å². The van der Waals surface area contributed by atoms with Gasteiger partial charge < -0.3 is 19.6 Å². The van der Waals surface area contributed by atoms with E-state index in [1.165, 1.54) is 30.6 Å². The number of nitriles is 1. The number of ether oxygens (including phenoxy) is 1. The lowest BCUT2D eigenvalue weighted by atomic mass is 10.0. The van der Waals surface area contributed by atoms with Gasteiger partial charge in [0, 0.05) is 41.0 Å². The minimum absolute atomic E-state index is 0.00422. The number of aryl methyl sites for hydroxylation is 1. The molecule has 0 atom stereocenters. The summed E-state index contributed by atoms with van der Waals surface area (Å²) in [5, 5.41) is 13.1. The number of hydrogen-bond donors (Lipinski definition) is 2. The Labute approximate surface area is 209 Å². The van der Waals surface area contributed by atoms with Crippen LogP contribution in [0.5, 0.6) is 11.6 Å². The van der Waals surface area contributed by atoms with E-state index >= 15 is 0 Å². The van der Waals surface area contributed by atoms with Gasteiger partial charge in [-0.15, -0.1) is 0 Å². The van der Waals surface area contributed by atoms with Crippen molar-refractivity contribution in [1.82, 2.24) is 19.5 Å². The van der Waals surface area contributed by atoms with Crippen molar-refractivity contribution in [3.63, 3.8) is 0 Å². The molecule has 8 nitrogen and oxygen atoms in total. The van der Waals surface area contributed by atoms with Crippen LogP contribution in [0, 0.1) is 24.1 Å². The molecule has 0 saturated heterocycles. The topological polar surface area (TPSA) is 109 Å². The SMILES string of the molecule is Cc1c(Cn2ccc(Nc3cc(Oc4ccc(Cl)c(F)c4)ncn3)cc2=O)ccc2[nH]c(C#N)cc12. The molecule has 0 radical (unpaired) electrons. The third-order valence-corrected chi connectivity index (χ3v) is 5.98. The number of anilines is 2. The minimum Gasteiger partial charge on any atom is -0.439 e. The fraction of sp³-hybridized carbons (Fsp3) is 0.0769. The third-order valence-electron chi connectivity index (χ3n) is 5.67. The smallest absolute Gasteiger partial charge is 0.252 e. The Morgan fingerprint density at radius 2 is 2.03 bits per heavy atom. The molecule has 36 heavy (non-hydrogen) atoms. The molecule has 2 aromatic carbocycles. The van der Waals surface area contributed by atoms with E-state index in [9.17, 15) is 9.18 Å². The molecule has 0 aliphatic carbocycles. The first-order valence-corrected chi connectivity index (χ1v) is 11.2. The second-order valence-electron chi connectivity index (χ2n) is 8.03. The van der Waals surface area contributed by atoms with Gasteiger partial charge in [-0.25, -0.2) is 14.4 Å². The number of nitrogens with zero attached hydrogens (tertiary/aromatic N) is 4. The highest BCUT2D eigenvalue weighted by atomic mass is 35.5. The van der Waals surface area contributed by atoms with Gasteiger partial charge in [-0.1, -0.05) is 17.7 Å². The molecular formula is C26H18ClFN6O2. The maximum Gasteiger partial charge on any atom is 0.252 e. The standard InChI is InChI=1S/C26H18ClFN6O2/c1-15-16(2-5-23-20(15)8-18(12-29)32-23)13-34-7-6-17(9-26(34)35)33-24-11-25(31-14-30-24)36-19-3-4-21(27)22(28)10-19/h2-11,14,32H,13H2,1H3,(H,30,31,33). The maximum atomic E-state index is 13.7. The summed E-state index contributed by atoms with van der Waals surface area (Å²) in [6.07, 6.45) is 2.99. The average Bonchev–Trinajstić information content (AvgIpc) is 3.29. The zero-order valence-electron chi connectivity index (χ0n) is 18.9. The summed E-state index contributed by atoms with van der Waals surface area (Å²) in [6, 6.07) is 16.6. The van der Waals surface area contributed by atoms with Gasteiger partial charge in [0.25, 0.3) is 5.56 Å². The third kappa shape index (κ3) is 4.76. The lowest BCUT2D eigenvalue weighted by Gasteiger charge is -2.12. The maximum absolute atomic E-state index is 13.7. The summed E-state index contributed by atoms with van der Waals surface area (Å²) in [6.45, 7) is 2.36. The lowest BCUT2D eigenvalue weighted by Crippen LogP contribution is -2.20. The monoisotopic (exact) mass is 500 g/mol. The molecular weight excluding hydrogens is 483 g/mol. The van der Waals surface area contributed by atoms with Crippen LogP contribution in [0.3, 0.4) is 0 Å². The number of H-pyrrole nitrogens is 1. The van der Waals surface area contributed by atoms with Crippen LogP contribution in [0.2, 0.25) is 5.02 Å². The van der Waals surface area contributed by atoms with Crippen molar-refractivity contribution >= 4 is 34.0 Å². The predicted molar refractivity (Wildman–Crippen MR) is 134 cm³/mol. The average molecular weight is 501 g/mol. The Bertz CT molecular complexity index is 1710. The highest BCUT2D eigenvalue weighted by Gasteiger charge is 2.10. The van der Waals surface area contributed by atoms with Gasteiger partial charge in [0.1, 0.15) is 35.5 Å². The van der Waals surface area contributed by atoms with Crippen molar-refractivity contribution in [2.45, 2.75) is 13.5 Å². The van der Waals surface area contributed by atoms with Crippen molar-refractivity contribution in [2.75, 3.05) is 5.32 Å². The molecule has 3 heterocycles. The van der Waals surface area contributed by atoms with Gasteiger partial charge in [-0.3, -0.25) is 4.79 Å². The number of aromatic nitrogens is 4. The lowest BCUT2D eigenvalue weighted by molar-refractivity contribution is 0.457. The van der Waals surface area contributed by atoms with Gasteiger partial charge in [0.2, 0.25) is 5.88 Å². The molecule has 178 valence electrons. The first-order chi connectivity index (χ1) is 17.4. The number of fused-ring (bicyclic) bond motifs is 1. The Morgan fingerprint density at radius 1 is 1.17 bits per heavy atom. The molecule has 0 amide bonds. The zero-order valence-corrected chi connectivity index (χ0v) is 19.7. The molecule has 0 aliphatic rings. The molecule has 2 N–H and O–H groups in total. The number of hydrogen-bond acceptors (Lipinski definition) is 6. The normalized spacial score (nSPS) is 10.8. The molecule has 5 aromatic rings. The molecule has 3 aromatic heterocycles. The number of pyridine rings is 1. The number of rotatable bonds is 6. The predicted octanol–water partition coefficient (Wildman–Crippen LogP) is 5.68. The Kier molecular flexibility index (Phi) is 6.10. The van der Waals surface area contributed by atoms with E-state index in [1.807, 2.05) is 25.1 Å². The molecule has 0 saturated carbocycles. The number of benzene rings is 2. The van der Waals surface area contributed by atoms with Crippen molar-refractivity contribution < 1.29 is 9.13 Å². The van der Waals surface area contributed by atoms with Crippen LogP contribution in [0.15, 0.2) is 71.9 Å². The fourth-order valence-electron chi connectivity index (χ4n) is 3.80. The summed E-state index contributed by atoms with van der Waals surface area (Å²) < 4.78 is 20.8. The quantitative estimate of drug-likeness (QED) is 0.310. The fourth-order valence-corrected chi connectivity index (χ4v) is 3.92. The van der Waals surface area contributed by atoms with E-state index in [0.29, 0.717) is 23.7 Å². The van der Waals surface area contributed by atoms with Crippen LogP contribution in [0.25, 0.3) is 10.9 Å². The summed E-state index contributed by atoms with van der Waals surface area (Å²) >= 11 is 5.70. The van der Waals surface area contributed by atoms with E-state index in [2.05, 4.69) is 26.3 Å². The Hall–Kier alpha value is -4.68. The number of aromatic amines is 1. The van der Waals surface area contributed by atoms with Crippen LogP contribution in [-0.2, 0) is 6.54 Å². The van der Waals surface area contributed by atoms with Crippen LogP contribution in [-0.4, -0.2) is 19.5 Å². The van der Waals surface area contributed by atoms with Crippen LogP contribution in [0.1, 0.15) is 16.8 Å². The van der Waals surface area contributed by atoms with E-state index in [4.69, 9.17) is 21.6 Å². The first kappa shape index (κ1) is 23.1. The molecule has 10 heteroatoms. The second kappa shape index (κ2) is 9.52. The molecule has 5 rings (SSSR count). The zero-order chi connectivity index (χ0) is 25.2. The van der Waals surface area contributed by atoms with Crippen LogP contribution < -0.4 is 15.6 Å². The van der Waals surface area contributed by atoms with Crippen LogP contribution in [0.4, 0.5) is 15.9 Å². The van der Waals surface area contributed by atoms with E-state index in [1.54, 1.807) is 16.8 Å². The summed E-state index contributed by atoms with van der Waals surface area (Å²) in [7, 11) is 0. The van der Waals surface area contributed by atoms with Gasteiger partial charge in [-0.2, -0.15) is 5.26 Å². The van der Waals surface area contributed by atoms with E-state index in [-0.39, 0.29) is 22.2 Å². The van der Waals surface area contributed by atoms with E-state index in [0.717, 1.165) is 28.1 Å². The van der Waals surface area contributed by atoms with Gasteiger partial charge in [-0.05, 0) is 48.4 Å². The highest BCUT2D eigenvalue weighted by molar-refractivity contribution is 6.30. The highest BCUT2D eigenvalue weighted by Crippen LogP contribution is 2.26. The summed E-state index contributed by atoms with van der Waals surface area (Å²) in [5.41, 5.74) is 3.70. The summed E-state index contributed by atoms with van der Waals surface area (Å²) in [5.74, 6) is 0.227. The largest absolute Gasteiger partial charge is 0.439 e. The van der Waals surface area contributed by atoms with E-state index < -0.39 is 5.82 Å². The van der Waals surface area contributed by atoms with Crippen molar-refractivity contribution in [3.05, 3.63) is 105 Å². The molecule has 0 fully saturated rings. The molecule has 0 aliphatic heterocycles. The first-order valence-electron chi connectivity index (χ1n) is 10.8. The molecule has 0 spiro atoms. The molecule has 0 bridgehead atoms. The number of nitrogens with one attached hydrogen (secondary N) is 2. The minimum atomic E-state index is -0.600. The van der Waals surface area contributed by atoms with Crippen molar-refractivity contribution in [3.8, 4) is 17.7 Å². The van der Waals surface area contributed by atoms with Crippen molar-refractivity contribution in [1.29, 1.82) is 5.26 Å². The molecule has 0 unspecified atom stereocenters. The van der Waals surface area contributed by atoms with Gasteiger partial charge in [0.05, 0.1) is 11.6 Å². The van der Waals surface area contributed by atoms with Crippen molar-refractivity contribution in [2.24, 2.45) is 0 Å². The second-order valence-corrected chi connectivity index (χ2v) is 8.44.